The smallest absolute Gasteiger partial charge is 0.416 e. The van der Waals surface area contributed by atoms with Crippen molar-refractivity contribution in [2.75, 3.05) is 5.32 Å². The van der Waals surface area contributed by atoms with E-state index in [4.69, 9.17) is 10.5 Å². The second kappa shape index (κ2) is 9.81. The standard InChI is InChI=1S/C29H29F3N4O4/c1-14-24(25(14)36-27(39)15-10-16(28(2,3)33)12-17(11-15)29(30,31)32)20-13-18(4-6-21(20)37)40-22-8-9-34-26-19(22)5-7-23(38)35-26/h4,6,8-14,24-25,37H,5,7,33H2,1-3H3,(H,36,39)(H,34,35,38)/t14-,24-,25?/m0/s1. The van der Waals surface area contributed by atoms with Crippen LogP contribution in [0.25, 0.3) is 0 Å². The van der Waals surface area contributed by atoms with Crippen molar-refractivity contribution in [3.8, 4) is 17.2 Å². The number of halogens is 3. The van der Waals surface area contributed by atoms with Crippen LogP contribution in [0, 0.1) is 5.92 Å². The summed E-state index contributed by atoms with van der Waals surface area (Å²) in [5.41, 5.74) is 5.36. The van der Waals surface area contributed by atoms with Gasteiger partial charge in [-0.25, -0.2) is 4.98 Å². The molecule has 3 atom stereocenters. The lowest BCUT2D eigenvalue weighted by molar-refractivity contribution is -0.137. The summed E-state index contributed by atoms with van der Waals surface area (Å²) < 4.78 is 46.7. The number of benzene rings is 2. The Morgan fingerprint density at radius 1 is 1.12 bits per heavy atom. The summed E-state index contributed by atoms with van der Waals surface area (Å²) in [6, 6.07) is 9.19. The predicted molar refractivity (Wildman–Crippen MR) is 141 cm³/mol. The van der Waals surface area contributed by atoms with Crippen LogP contribution in [-0.4, -0.2) is 27.9 Å². The number of amides is 2. The van der Waals surface area contributed by atoms with Gasteiger partial charge in [-0.05, 0) is 74.2 Å². The topological polar surface area (TPSA) is 127 Å². The third kappa shape index (κ3) is 5.46. The number of carbonyl (C=O) groups is 2. The van der Waals surface area contributed by atoms with Crippen molar-refractivity contribution in [1.82, 2.24) is 10.3 Å². The van der Waals surface area contributed by atoms with Gasteiger partial charge in [-0.1, -0.05) is 6.92 Å². The second-order valence-corrected chi connectivity index (χ2v) is 10.9. The van der Waals surface area contributed by atoms with Crippen LogP contribution in [0.2, 0.25) is 0 Å². The van der Waals surface area contributed by atoms with Gasteiger partial charge in [0.25, 0.3) is 5.91 Å². The minimum absolute atomic E-state index is 0.0104. The minimum Gasteiger partial charge on any atom is -0.508 e. The quantitative estimate of drug-likeness (QED) is 0.332. The fourth-order valence-electron chi connectivity index (χ4n) is 5.03. The summed E-state index contributed by atoms with van der Waals surface area (Å²) in [5, 5.41) is 16.1. The van der Waals surface area contributed by atoms with E-state index < -0.39 is 29.2 Å². The number of fused-ring (bicyclic) bond motifs is 1. The highest BCUT2D eigenvalue weighted by Gasteiger charge is 2.50. The third-order valence-corrected chi connectivity index (χ3v) is 7.40. The van der Waals surface area contributed by atoms with Gasteiger partial charge < -0.3 is 26.2 Å². The molecule has 1 aromatic heterocycles. The van der Waals surface area contributed by atoms with Crippen LogP contribution in [0.4, 0.5) is 19.0 Å². The molecule has 1 aliphatic heterocycles. The van der Waals surface area contributed by atoms with E-state index in [2.05, 4.69) is 15.6 Å². The average molecular weight is 555 g/mol. The van der Waals surface area contributed by atoms with E-state index in [9.17, 15) is 27.9 Å². The molecule has 1 unspecified atom stereocenters. The number of hydrogen-bond donors (Lipinski definition) is 4. The Labute approximate surface area is 228 Å². The van der Waals surface area contributed by atoms with Crippen molar-refractivity contribution in [2.45, 2.75) is 57.3 Å². The Morgan fingerprint density at radius 2 is 1.85 bits per heavy atom. The zero-order valence-electron chi connectivity index (χ0n) is 22.1. The Morgan fingerprint density at radius 3 is 2.55 bits per heavy atom. The molecule has 2 amide bonds. The number of phenolic OH excluding ortho intramolecular Hbond substituents is 1. The molecule has 0 radical (unpaired) electrons. The molecule has 3 aromatic rings. The van der Waals surface area contributed by atoms with E-state index in [1.807, 2.05) is 6.92 Å². The molecule has 8 nitrogen and oxygen atoms in total. The van der Waals surface area contributed by atoms with Crippen molar-refractivity contribution in [3.05, 3.63) is 76.5 Å². The summed E-state index contributed by atoms with van der Waals surface area (Å²) >= 11 is 0. The first-order chi connectivity index (χ1) is 18.7. The molecule has 5 rings (SSSR count). The zero-order valence-corrected chi connectivity index (χ0v) is 22.1. The van der Waals surface area contributed by atoms with E-state index in [0.717, 1.165) is 17.7 Å². The molecular formula is C29H29F3N4O4. The molecule has 0 saturated heterocycles. The number of ether oxygens (including phenoxy) is 1. The van der Waals surface area contributed by atoms with Crippen LogP contribution < -0.4 is 21.1 Å². The third-order valence-electron chi connectivity index (χ3n) is 7.40. The Hall–Kier alpha value is -4.12. The average Bonchev–Trinajstić information content (AvgIpc) is 3.51. The summed E-state index contributed by atoms with van der Waals surface area (Å²) in [7, 11) is 0. The van der Waals surface area contributed by atoms with Crippen molar-refractivity contribution in [1.29, 1.82) is 0 Å². The van der Waals surface area contributed by atoms with Gasteiger partial charge in [0, 0.05) is 46.8 Å². The molecule has 11 heteroatoms. The number of aromatic nitrogens is 1. The molecule has 2 aromatic carbocycles. The number of anilines is 1. The molecular weight excluding hydrogens is 525 g/mol. The molecule has 210 valence electrons. The van der Waals surface area contributed by atoms with Gasteiger partial charge in [0.15, 0.2) is 0 Å². The summed E-state index contributed by atoms with van der Waals surface area (Å²) in [5.74, 6) is 0.271. The monoisotopic (exact) mass is 554 g/mol. The number of rotatable bonds is 6. The van der Waals surface area contributed by atoms with E-state index in [1.54, 1.807) is 32.0 Å². The van der Waals surface area contributed by atoms with E-state index in [1.165, 1.54) is 18.3 Å². The molecule has 40 heavy (non-hydrogen) atoms. The van der Waals surface area contributed by atoms with E-state index >= 15 is 0 Å². The van der Waals surface area contributed by atoms with E-state index in [0.29, 0.717) is 35.7 Å². The van der Waals surface area contributed by atoms with Crippen molar-refractivity contribution < 1.29 is 32.6 Å². The summed E-state index contributed by atoms with van der Waals surface area (Å²) in [6.07, 6.45) is -2.33. The molecule has 1 fully saturated rings. The number of pyridine rings is 1. The van der Waals surface area contributed by atoms with Crippen molar-refractivity contribution in [3.63, 3.8) is 0 Å². The number of nitrogens with two attached hydrogens (primary N) is 1. The van der Waals surface area contributed by atoms with Gasteiger partial charge >= 0.3 is 6.18 Å². The van der Waals surface area contributed by atoms with Crippen LogP contribution in [0.15, 0.2) is 48.7 Å². The van der Waals surface area contributed by atoms with Gasteiger partial charge in [0.2, 0.25) is 5.91 Å². The van der Waals surface area contributed by atoms with Crippen LogP contribution in [0.1, 0.15) is 65.7 Å². The molecule has 1 aliphatic carbocycles. The van der Waals surface area contributed by atoms with Crippen LogP contribution in [0.5, 0.6) is 17.2 Å². The first-order valence-electron chi connectivity index (χ1n) is 12.8. The number of carbonyl (C=O) groups excluding carboxylic acids is 2. The highest BCUT2D eigenvalue weighted by Crippen LogP contribution is 2.51. The predicted octanol–water partition coefficient (Wildman–Crippen LogP) is 5.21. The second-order valence-electron chi connectivity index (χ2n) is 10.9. The largest absolute Gasteiger partial charge is 0.508 e. The van der Waals surface area contributed by atoms with Gasteiger partial charge in [0.1, 0.15) is 23.1 Å². The van der Waals surface area contributed by atoms with Crippen molar-refractivity contribution in [2.24, 2.45) is 11.7 Å². The van der Waals surface area contributed by atoms with Crippen LogP contribution in [0.3, 0.4) is 0 Å². The number of alkyl halides is 3. The minimum atomic E-state index is -4.64. The van der Waals surface area contributed by atoms with Crippen LogP contribution in [-0.2, 0) is 22.9 Å². The van der Waals surface area contributed by atoms with Gasteiger partial charge in [-0.15, -0.1) is 0 Å². The van der Waals surface area contributed by atoms with Crippen LogP contribution >= 0.6 is 0 Å². The maximum Gasteiger partial charge on any atom is 0.416 e. The number of nitrogens with one attached hydrogen (secondary N) is 2. The highest BCUT2D eigenvalue weighted by atomic mass is 19.4. The fourth-order valence-corrected chi connectivity index (χ4v) is 5.03. The Bertz CT molecular complexity index is 1470. The molecule has 2 heterocycles. The maximum atomic E-state index is 13.5. The fraction of sp³-hybridized carbons (Fsp3) is 0.345. The summed E-state index contributed by atoms with van der Waals surface area (Å²) in [6.45, 7) is 5.02. The zero-order chi connectivity index (χ0) is 29.0. The van der Waals surface area contributed by atoms with Crippen molar-refractivity contribution >= 4 is 17.6 Å². The lowest BCUT2D eigenvalue weighted by Gasteiger charge is -2.22. The first kappa shape index (κ1) is 27.4. The van der Waals surface area contributed by atoms with Gasteiger partial charge in [-0.2, -0.15) is 13.2 Å². The Balaban J connectivity index is 1.36. The molecule has 0 spiro atoms. The number of aromatic hydroxyl groups is 1. The highest BCUT2D eigenvalue weighted by molar-refractivity contribution is 5.95. The molecule has 1 saturated carbocycles. The van der Waals surface area contributed by atoms with Gasteiger partial charge in [-0.3, -0.25) is 9.59 Å². The number of hydrogen-bond acceptors (Lipinski definition) is 6. The first-order valence-corrected chi connectivity index (χ1v) is 12.8. The molecule has 2 aliphatic rings. The van der Waals surface area contributed by atoms with Gasteiger partial charge in [0.05, 0.1) is 5.56 Å². The Kier molecular flexibility index (Phi) is 6.73. The summed E-state index contributed by atoms with van der Waals surface area (Å²) in [4.78, 5) is 29.0. The van der Waals surface area contributed by atoms with E-state index in [-0.39, 0.29) is 34.6 Å². The normalized spacial score (nSPS) is 20.4. The molecule has 0 bridgehead atoms. The lowest BCUT2D eigenvalue weighted by atomic mass is 9.91. The molecule has 5 N–H and O–H groups in total. The number of nitrogens with zero attached hydrogens (tertiary/aromatic N) is 1. The SMILES string of the molecule is C[C@@H]1C(NC(=O)c2cc(C(C)(C)N)cc(C(F)(F)F)c2)[C@@H]1c1cc(Oc2ccnc3c2CCC(=O)N3)ccc1O. The lowest BCUT2D eigenvalue weighted by Crippen LogP contribution is -2.31. The number of phenols is 1. The maximum absolute atomic E-state index is 13.5.